The number of nitrogens with zero attached hydrogens (tertiary/aromatic N) is 1. The molecular formula is C12H24N2O. The molecule has 3 heteroatoms. The number of carbonyl (C=O) groups is 1. The third kappa shape index (κ3) is 5.17. The Bertz CT molecular complexity index is 200. The van der Waals surface area contributed by atoms with Crippen LogP contribution in [0.15, 0.2) is 0 Å². The summed E-state index contributed by atoms with van der Waals surface area (Å²) in [4.78, 5) is 13.6. The van der Waals surface area contributed by atoms with E-state index in [-0.39, 0.29) is 5.91 Å². The summed E-state index contributed by atoms with van der Waals surface area (Å²) in [5.74, 6) is 0.621. The van der Waals surface area contributed by atoms with Crippen molar-refractivity contribution in [1.29, 1.82) is 0 Å². The number of amides is 1. The summed E-state index contributed by atoms with van der Waals surface area (Å²) in [5.41, 5.74) is 0. The fourth-order valence-corrected chi connectivity index (χ4v) is 1.45. The van der Waals surface area contributed by atoms with Crippen LogP contribution in [0.3, 0.4) is 0 Å². The third-order valence-corrected chi connectivity index (χ3v) is 3.07. The first-order chi connectivity index (χ1) is 7.11. The van der Waals surface area contributed by atoms with Crippen molar-refractivity contribution in [2.75, 3.05) is 20.1 Å². The van der Waals surface area contributed by atoms with Crippen LogP contribution in [0.1, 0.15) is 39.5 Å². The van der Waals surface area contributed by atoms with Crippen molar-refractivity contribution < 1.29 is 4.79 Å². The van der Waals surface area contributed by atoms with Gasteiger partial charge in [-0.15, -0.1) is 0 Å². The first-order valence-corrected chi connectivity index (χ1v) is 6.09. The molecule has 0 radical (unpaired) electrons. The van der Waals surface area contributed by atoms with Gasteiger partial charge >= 0.3 is 0 Å². The maximum Gasteiger partial charge on any atom is 0.223 e. The molecule has 1 rings (SSSR count). The largest absolute Gasteiger partial charge is 0.356 e. The van der Waals surface area contributed by atoms with Crippen LogP contribution in [0, 0.1) is 5.92 Å². The molecule has 0 saturated heterocycles. The molecule has 0 bridgehead atoms. The van der Waals surface area contributed by atoms with Crippen molar-refractivity contribution in [3.63, 3.8) is 0 Å². The fraction of sp³-hybridized carbons (Fsp3) is 0.917. The SMILES string of the molecule is CC(C)N(C)CCCCNC(=O)C1CC1. The minimum atomic E-state index is 0.271. The Labute approximate surface area is 93.2 Å². The molecule has 0 aromatic heterocycles. The van der Waals surface area contributed by atoms with E-state index in [0.29, 0.717) is 12.0 Å². The average Bonchev–Trinajstić information content (AvgIpc) is 2.99. The lowest BCUT2D eigenvalue weighted by Crippen LogP contribution is -2.29. The van der Waals surface area contributed by atoms with Crippen LogP contribution in [0.5, 0.6) is 0 Å². The number of rotatable bonds is 7. The maximum atomic E-state index is 11.3. The highest BCUT2D eigenvalue weighted by Crippen LogP contribution is 2.28. The third-order valence-electron chi connectivity index (χ3n) is 3.07. The number of unbranched alkanes of at least 4 members (excludes halogenated alkanes) is 1. The molecule has 0 aromatic rings. The van der Waals surface area contributed by atoms with E-state index < -0.39 is 0 Å². The molecule has 0 spiro atoms. The lowest BCUT2D eigenvalue weighted by atomic mass is 10.2. The molecule has 1 amide bonds. The van der Waals surface area contributed by atoms with Gasteiger partial charge in [0.1, 0.15) is 0 Å². The Morgan fingerprint density at radius 3 is 2.60 bits per heavy atom. The van der Waals surface area contributed by atoms with Crippen molar-refractivity contribution in [1.82, 2.24) is 10.2 Å². The van der Waals surface area contributed by atoms with Crippen LogP contribution < -0.4 is 5.32 Å². The van der Waals surface area contributed by atoms with Gasteiger partial charge in [-0.1, -0.05) is 0 Å². The molecule has 1 aliphatic carbocycles. The average molecular weight is 212 g/mol. The summed E-state index contributed by atoms with van der Waals surface area (Å²) in [6, 6.07) is 0.617. The van der Waals surface area contributed by atoms with Gasteiger partial charge in [0.05, 0.1) is 0 Å². The van der Waals surface area contributed by atoms with Gasteiger partial charge in [0.15, 0.2) is 0 Å². The summed E-state index contributed by atoms with van der Waals surface area (Å²) in [6.07, 6.45) is 4.46. The number of carbonyl (C=O) groups excluding carboxylic acids is 1. The Morgan fingerprint density at radius 2 is 2.07 bits per heavy atom. The molecule has 0 heterocycles. The van der Waals surface area contributed by atoms with E-state index in [2.05, 4.69) is 31.1 Å². The van der Waals surface area contributed by atoms with Gasteiger partial charge in [-0.2, -0.15) is 0 Å². The van der Waals surface area contributed by atoms with Gasteiger partial charge in [-0.25, -0.2) is 0 Å². The highest BCUT2D eigenvalue weighted by atomic mass is 16.2. The number of hydrogen-bond donors (Lipinski definition) is 1. The van der Waals surface area contributed by atoms with Crippen molar-refractivity contribution in [3.8, 4) is 0 Å². The molecule has 1 aliphatic rings. The lowest BCUT2D eigenvalue weighted by molar-refractivity contribution is -0.122. The Balaban J connectivity index is 1.90. The van der Waals surface area contributed by atoms with E-state index in [9.17, 15) is 4.79 Å². The first kappa shape index (κ1) is 12.5. The van der Waals surface area contributed by atoms with E-state index in [1.54, 1.807) is 0 Å². The maximum absolute atomic E-state index is 11.3. The molecule has 1 saturated carbocycles. The van der Waals surface area contributed by atoms with E-state index in [4.69, 9.17) is 0 Å². The number of nitrogens with one attached hydrogen (secondary N) is 1. The van der Waals surface area contributed by atoms with Crippen LogP contribution in [0.25, 0.3) is 0 Å². The summed E-state index contributed by atoms with van der Waals surface area (Å²) >= 11 is 0. The van der Waals surface area contributed by atoms with E-state index in [0.717, 1.165) is 32.4 Å². The van der Waals surface area contributed by atoms with Gasteiger partial charge in [-0.05, 0) is 53.1 Å². The Hall–Kier alpha value is -0.570. The van der Waals surface area contributed by atoms with Crippen LogP contribution >= 0.6 is 0 Å². The monoisotopic (exact) mass is 212 g/mol. The summed E-state index contributed by atoms with van der Waals surface area (Å²) in [7, 11) is 2.15. The van der Waals surface area contributed by atoms with Crippen LogP contribution in [-0.4, -0.2) is 37.0 Å². The van der Waals surface area contributed by atoms with Crippen molar-refractivity contribution in [2.45, 2.75) is 45.6 Å². The topological polar surface area (TPSA) is 32.3 Å². The van der Waals surface area contributed by atoms with E-state index in [1.807, 2.05) is 0 Å². The van der Waals surface area contributed by atoms with Crippen LogP contribution in [0.4, 0.5) is 0 Å². The van der Waals surface area contributed by atoms with E-state index >= 15 is 0 Å². The predicted molar refractivity (Wildman–Crippen MR) is 62.7 cm³/mol. The van der Waals surface area contributed by atoms with Crippen LogP contribution in [-0.2, 0) is 4.79 Å². The highest BCUT2D eigenvalue weighted by Gasteiger charge is 2.28. The van der Waals surface area contributed by atoms with Gasteiger partial charge in [0.25, 0.3) is 0 Å². The second-order valence-electron chi connectivity index (χ2n) is 4.85. The molecule has 3 nitrogen and oxygen atoms in total. The summed E-state index contributed by atoms with van der Waals surface area (Å²) in [6.45, 7) is 6.38. The quantitative estimate of drug-likeness (QED) is 0.651. The standard InChI is InChI=1S/C12H24N2O/c1-10(2)14(3)9-5-4-8-13-12(15)11-6-7-11/h10-11H,4-9H2,1-3H3,(H,13,15). The minimum absolute atomic E-state index is 0.271. The zero-order valence-corrected chi connectivity index (χ0v) is 10.3. The van der Waals surface area contributed by atoms with Crippen molar-refractivity contribution >= 4 is 5.91 Å². The van der Waals surface area contributed by atoms with Crippen LogP contribution in [0.2, 0.25) is 0 Å². The summed E-state index contributed by atoms with van der Waals surface area (Å²) < 4.78 is 0. The lowest BCUT2D eigenvalue weighted by Gasteiger charge is -2.20. The van der Waals surface area contributed by atoms with Gasteiger partial charge in [-0.3, -0.25) is 4.79 Å². The zero-order valence-electron chi connectivity index (χ0n) is 10.3. The first-order valence-electron chi connectivity index (χ1n) is 6.09. The molecule has 0 atom stereocenters. The smallest absolute Gasteiger partial charge is 0.223 e. The zero-order chi connectivity index (χ0) is 11.3. The normalized spacial score (nSPS) is 16.1. The van der Waals surface area contributed by atoms with Gasteiger partial charge in [0.2, 0.25) is 5.91 Å². The minimum Gasteiger partial charge on any atom is -0.356 e. The second-order valence-corrected chi connectivity index (χ2v) is 4.85. The van der Waals surface area contributed by atoms with Crippen molar-refractivity contribution in [2.24, 2.45) is 5.92 Å². The molecule has 0 aliphatic heterocycles. The Morgan fingerprint density at radius 1 is 1.40 bits per heavy atom. The Kier molecular flexibility index (Phi) is 5.09. The molecule has 15 heavy (non-hydrogen) atoms. The molecule has 0 unspecified atom stereocenters. The van der Waals surface area contributed by atoms with Gasteiger partial charge in [0, 0.05) is 18.5 Å². The fourth-order valence-electron chi connectivity index (χ4n) is 1.45. The van der Waals surface area contributed by atoms with Gasteiger partial charge < -0.3 is 10.2 Å². The van der Waals surface area contributed by atoms with Crippen molar-refractivity contribution in [3.05, 3.63) is 0 Å². The molecule has 88 valence electrons. The number of hydrogen-bond acceptors (Lipinski definition) is 2. The second kappa shape index (κ2) is 6.11. The summed E-state index contributed by atoms with van der Waals surface area (Å²) in [5, 5.41) is 2.99. The molecule has 1 fully saturated rings. The predicted octanol–water partition coefficient (Wildman–Crippen LogP) is 1.63. The molecule has 0 aromatic carbocycles. The highest BCUT2D eigenvalue weighted by molar-refractivity contribution is 5.80. The molecular weight excluding hydrogens is 188 g/mol. The van der Waals surface area contributed by atoms with E-state index in [1.165, 1.54) is 6.42 Å². The molecule has 1 N–H and O–H groups in total.